The summed E-state index contributed by atoms with van der Waals surface area (Å²) in [6.45, 7) is 2.30. The second kappa shape index (κ2) is 11.2. The number of rotatable bonds is 9. The average Bonchev–Trinajstić information content (AvgIpc) is 2.98. The highest BCUT2D eigenvalue weighted by molar-refractivity contribution is 6.02. The van der Waals surface area contributed by atoms with E-state index < -0.39 is 5.63 Å². The molecule has 0 amide bonds. The van der Waals surface area contributed by atoms with Gasteiger partial charge in [0.2, 0.25) is 5.75 Å². The Morgan fingerprint density at radius 2 is 1.41 bits per heavy atom. The minimum Gasteiger partial charge on any atom is -0.493 e. The number of ether oxygens (including phenoxy) is 4. The normalized spacial score (nSPS) is 10.8. The SMILES string of the molecule is COc1cc(Nc2c(-c3ccccc3)c3ccc(OCc4ccccc4)c(C)c3oc2=O)cc(OC)c1OC. The quantitative estimate of drug-likeness (QED) is 0.206. The number of hydrogen-bond donors (Lipinski definition) is 1. The zero-order valence-electron chi connectivity index (χ0n) is 22.2. The van der Waals surface area contributed by atoms with Gasteiger partial charge in [0.1, 0.15) is 23.6 Å². The monoisotopic (exact) mass is 523 g/mol. The van der Waals surface area contributed by atoms with Crippen molar-refractivity contribution in [3.8, 4) is 34.1 Å². The fourth-order valence-corrected chi connectivity index (χ4v) is 4.59. The molecule has 0 spiro atoms. The van der Waals surface area contributed by atoms with Crippen LogP contribution < -0.4 is 29.9 Å². The maximum Gasteiger partial charge on any atom is 0.360 e. The van der Waals surface area contributed by atoms with E-state index in [2.05, 4.69) is 5.32 Å². The lowest BCUT2D eigenvalue weighted by Gasteiger charge is -2.18. The third-order valence-corrected chi connectivity index (χ3v) is 6.51. The first-order chi connectivity index (χ1) is 19.0. The minimum atomic E-state index is -0.515. The molecule has 1 N–H and O–H groups in total. The third kappa shape index (κ3) is 5.11. The highest BCUT2D eigenvalue weighted by atomic mass is 16.5. The zero-order valence-corrected chi connectivity index (χ0v) is 22.2. The van der Waals surface area contributed by atoms with Crippen molar-refractivity contribution in [3.63, 3.8) is 0 Å². The summed E-state index contributed by atoms with van der Waals surface area (Å²) in [5.74, 6) is 2.03. The van der Waals surface area contributed by atoms with E-state index in [4.69, 9.17) is 23.4 Å². The van der Waals surface area contributed by atoms with Crippen molar-refractivity contribution < 1.29 is 23.4 Å². The van der Waals surface area contributed by atoms with Crippen molar-refractivity contribution in [2.24, 2.45) is 0 Å². The highest BCUT2D eigenvalue weighted by Gasteiger charge is 2.21. The van der Waals surface area contributed by atoms with E-state index in [9.17, 15) is 4.79 Å². The van der Waals surface area contributed by atoms with Crippen LogP contribution in [0, 0.1) is 6.92 Å². The van der Waals surface area contributed by atoms with Gasteiger partial charge in [0, 0.05) is 34.3 Å². The topological polar surface area (TPSA) is 79.2 Å². The molecule has 0 aliphatic rings. The van der Waals surface area contributed by atoms with Crippen molar-refractivity contribution in [2.45, 2.75) is 13.5 Å². The maximum atomic E-state index is 13.5. The largest absolute Gasteiger partial charge is 0.493 e. The van der Waals surface area contributed by atoms with Crippen LogP contribution in [-0.4, -0.2) is 21.3 Å². The molecule has 7 nitrogen and oxygen atoms in total. The van der Waals surface area contributed by atoms with Crippen LogP contribution >= 0.6 is 0 Å². The van der Waals surface area contributed by atoms with Crippen LogP contribution in [-0.2, 0) is 6.61 Å². The number of anilines is 2. The van der Waals surface area contributed by atoms with Crippen LogP contribution in [0.4, 0.5) is 11.4 Å². The predicted octanol–water partition coefficient (Wildman–Crippen LogP) is 7.12. The second-order valence-electron chi connectivity index (χ2n) is 8.88. The van der Waals surface area contributed by atoms with E-state index in [-0.39, 0.29) is 0 Å². The summed E-state index contributed by atoms with van der Waals surface area (Å²) in [5, 5.41) is 4.04. The smallest absolute Gasteiger partial charge is 0.360 e. The molecule has 0 bridgehead atoms. The number of nitrogens with one attached hydrogen (secondary N) is 1. The van der Waals surface area contributed by atoms with Crippen LogP contribution in [0.5, 0.6) is 23.0 Å². The van der Waals surface area contributed by atoms with Gasteiger partial charge in [0.25, 0.3) is 0 Å². The molecule has 0 saturated heterocycles. The van der Waals surface area contributed by atoms with E-state index in [1.54, 1.807) is 33.5 Å². The first-order valence-electron chi connectivity index (χ1n) is 12.4. The molecule has 1 aromatic heterocycles. The number of benzene rings is 4. The molecule has 0 unspecified atom stereocenters. The van der Waals surface area contributed by atoms with Crippen molar-refractivity contribution in [3.05, 3.63) is 106 Å². The lowest BCUT2D eigenvalue weighted by atomic mass is 9.98. The summed E-state index contributed by atoms with van der Waals surface area (Å²) in [6.07, 6.45) is 0. The molecule has 0 aliphatic heterocycles. The minimum absolute atomic E-state index is 0.292. The highest BCUT2D eigenvalue weighted by Crippen LogP contribution is 2.42. The molecule has 39 heavy (non-hydrogen) atoms. The summed E-state index contributed by atoms with van der Waals surface area (Å²) in [6, 6.07) is 27.0. The van der Waals surface area contributed by atoms with Gasteiger partial charge in [0.05, 0.1) is 21.3 Å². The number of hydrogen-bond acceptors (Lipinski definition) is 7. The Morgan fingerprint density at radius 1 is 0.769 bits per heavy atom. The van der Waals surface area contributed by atoms with Gasteiger partial charge in [-0.1, -0.05) is 60.7 Å². The summed E-state index contributed by atoms with van der Waals surface area (Å²) >= 11 is 0. The van der Waals surface area contributed by atoms with E-state index in [0.29, 0.717) is 52.1 Å². The van der Waals surface area contributed by atoms with Crippen molar-refractivity contribution in [2.75, 3.05) is 26.6 Å². The van der Waals surface area contributed by atoms with Crippen LogP contribution in [0.25, 0.3) is 22.1 Å². The van der Waals surface area contributed by atoms with Gasteiger partial charge in [-0.15, -0.1) is 0 Å². The molecule has 0 radical (unpaired) electrons. The third-order valence-electron chi connectivity index (χ3n) is 6.51. The molecule has 0 fully saturated rings. The van der Waals surface area contributed by atoms with Gasteiger partial charge in [-0.25, -0.2) is 4.79 Å². The second-order valence-corrected chi connectivity index (χ2v) is 8.88. The number of methoxy groups -OCH3 is 3. The molecule has 1 heterocycles. The molecule has 198 valence electrons. The molecule has 5 rings (SSSR count). The van der Waals surface area contributed by atoms with Gasteiger partial charge >= 0.3 is 5.63 Å². The average molecular weight is 524 g/mol. The first-order valence-corrected chi connectivity index (χ1v) is 12.4. The summed E-state index contributed by atoms with van der Waals surface area (Å²) < 4.78 is 28.5. The predicted molar refractivity (Wildman–Crippen MR) is 153 cm³/mol. The van der Waals surface area contributed by atoms with Gasteiger partial charge < -0.3 is 28.7 Å². The molecule has 5 aromatic rings. The molecule has 4 aromatic carbocycles. The molecule has 0 atom stereocenters. The van der Waals surface area contributed by atoms with E-state index in [1.165, 1.54) is 0 Å². The maximum absolute atomic E-state index is 13.5. The van der Waals surface area contributed by atoms with Gasteiger partial charge in [-0.3, -0.25) is 0 Å². The van der Waals surface area contributed by atoms with Crippen LogP contribution in [0.15, 0.2) is 94.1 Å². The molecule has 0 aliphatic carbocycles. The number of aryl methyl sites for hydroxylation is 1. The van der Waals surface area contributed by atoms with Crippen LogP contribution in [0.3, 0.4) is 0 Å². The van der Waals surface area contributed by atoms with E-state index in [1.807, 2.05) is 79.7 Å². The summed E-state index contributed by atoms with van der Waals surface area (Å²) in [4.78, 5) is 13.5. The molecule has 7 heteroatoms. The standard InChI is InChI=1S/C32H29NO6/c1-20-25(38-19-21-11-7-5-8-12-21)16-15-24-28(22-13-9-6-10-14-22)29(32(34)39-30(20)24)33-23-17-26(35-2)31(37-4)27(18-23)36-3/h5-18,33H,19H2,1-4H3. The lowest BCUT2D eigenvalue weighted by Crippen LogP contribution is -2.10. The molecule has 0 saturated carbocycles. The van der Waals surface area contributed by atoms with Crippen molar-refractivity contribution in [1.82, 2.24) is 0 Å². The Bertz CT molecular complexity index is 1640. The van der Waals surface area contributed by atoms with E-state index in [0.717, 1.165) is 22.1 Å². The fourth-order valence-electron chi connectivity index (χ4n) is 4.59. The summed E-state index contributed by atoms with van der Waals surface area (Å²) in [7, 11) is 4.63. The van der Waals surface area contributed by atoms with Crippen LogP contribution in [0.1, 0.15) is 11.1 Å². The molecular weight excluding hydrogens is 494 g/mol. The fraction of sp³-hybridized carbons (Fsp3) is 0.156. The van der Waals surface area contributed by atoms with E-state index >= 15 is 0 Å². The summed E-state index contributed by atoms with van der Waals surface area (Å²) in [5.41, 5.74) is 4.20. The Morgan fingerprint density at radius 3 is 2.03 bits per heavy atom. The van der Waals surface area contributed by atoms with Gasteiger partial charge in [-0.05, 0) is 30.2 Å². The Kier molecular flexibility index (Phi) is 7.41. The van der Waals surface area contributed by atoms with Gasteiger partial charge in [0.15, 0.2) is 11.5 Å². The Balaban J connectivity index is 1.64. The van der Waals surface area contributed by atoms with Crippen LogP contribution in [0.2, 0.25) is 0 Å². The number of fused-ring (bicyclic) bond motifs is 1. The lowest BCUT2D eigenvalue weighted by molar-refractivity contribution is 0.304. The first kappa shape index (κ1) is 25.7. The zero-order chi connectivity index (χ0) is 27.4. The van der Waals surface area contributed by atoms with Crippen molar-refractivity contribution >= 4 is 22.3 Å². The van der Waals surface area contributed by atoms with Crippen molar-refractivity contribution in [1.29, 1.82) is 0 Å². The molecular formula is C32H29NO6. The van der Waals surface area contributed by atoms with Gasteiger partial charge in [-0.2, -0.15) is 0 Å². The Hall–Kier alpha value is -4.91. The Labute approximate surface area is 226 Å².